The van der Waals surface area contributed by atoms with Gasteiger partial charge in [-0.2, -0.15) is 0 Å². The molecule has 24 heavy (non-hydrogen) atoms. The smallest absolute Gasteiger partial charge is 0.240 e. The average molecular weight is 385 g/mol. The quantitative estimate of drug-likeness (QED) is 0.852. The van der Waals surface area contributed by atoms with E-state index in [4.69, 9.17) is 23.2 Å². The van der Waals surface area contributed by atoms with Crippen LogP contribution in [0.1, 0.15) is 6.42 Å². The monoisotopic (exact) mass is 384 g/mol. The topological polar surface area (TPSA) is 49.4 Å². The summed E-state index contributed by atoms with van der Waals surface area (Å²) >= 11 is 11.8. The van der Waals surface area contributed by atoms with Crippen LogP contribution < -0.4 is 9.62 Å². The number of sulfonamides is 1. The van der Waals surface area contributed by atoms with Crippen LogP contribution in [0.4, 0.5) is 5.69 Å². The normalized spacial score (nSPS) is 18.1. The summed E-state index contributed by atoms with van der Waals surface area (Å²) in [5.74, 6) is 0.273. The molecule has 1 atom stereocenters. The van der Waals surface area contributed by atoms with E-state index in [-0.39, 0.29) is 10.8 Å². The van der Waals surface area contributed by atoms with Crippen molar-refractivity contribution in [3.8, 4) is 0 Å². The van der Waals surface area contributed by atoms with Gasteiger partial charge < -0.3 is 4.90 Å². The minimum absolute atomic E-state index is 0.197. The second kappa shape index (κ2) is 7.31. The number of nitrogens with zero attached hydrogens (tertiary/aromatic N) is 1. The van der Waals surface area contributed by atoms with Gasteiger partial charge in [0.2, 0.25) is 10.0 Å². The lowest BCUT2D eigenvalue weighted by atomic mass is 10.1. The number of benzene rings is 2. The standard InChI is InChI=1S/C17H18Cl2N2O2S/c18-14-4-6-16(7-5-14)21-9-8-13(12-21)11-20-24(22,23)17-3-1-2-15(19)10-17/h1-7,10,13,20H,8-9,11-12H2. The van der Waals surface area contributed by atoms with E-state index in [1.807, 2.05) is 24.3 Å². The molecule has 0 bridgehead atoms. The molecule has 0 amide bonds. The molecule has 2 aromatic carbocycles. The molecule has 3 rings (SSSR count). The van der Waals surface area contributed by atoms with Crippen molar-refractivity contribution in [3.63, 3.8) is 0 Å². The average Bonchev–Trinajstić information content (AvgIpc) is 3.03. The third-order valence-electron chi connectivity index (χ3n) is 4.15. The van der Waals surface area contributed by atoms with Crippen LogP contribution >= 0.6 is 23.2 Å². The van der Waals surface area contributed by atoms with Crippen molar-refractivity contribution in [2.45, 2.75) is 11.3 Å². The second-order valence-electron chi connectivity index (χ2n) is 5.89. The molecular formula is C17H18Cl2N2O2S. The third kappa shape index (κ3) is 4.22. The molecule has 1 unspecified atom stereocenters. The Bertz CT molecular complexity index is 810. The number of hydrogen-bond donors (Lipinski definition) is 1. The number of hydrogen-bond acceptors (Lipinski definition) is 3. The summed E-state index contributed by atoms with van der Waals surface area (Å²) in [4.78, 5) is 2.44. The maximum Gasteiger partial charge on any atom is 0.240 e. The largest absolute Gasteiger partial charge is 0.371 e. The Hall–Kier alpha value is -1.27. The highest BCUT2D eigenvalue weighted by atomic mass is 35.5. The first-order valence-corrected chi connectivity index (χ1v) is 9.94. The molecular weight excluding hydrogens is 367 g/mol. The fourth-order valence-corrected chi connectivity index (χ4v) is 4.37. The van der Waals surface area contributed by atoms with Gasteiger partial charge in [-0.1, -0.05) is 29.3 Å². The zero-order valence-corrected chi connectivity index (χ0v) is 15.3. The van der Waals surface area contributed by atoms with E-state index in [2.05, 4.69) is 9.62 Å². The summed E-state index contributed by atoms with van der Waals surface area (Å²) in [7, 11) is -3.53. The van der Waals surface area contributed by atoms with E-state index in [9.17, 15) is 8.42 Å². The van der Waals surface area contributed by atoms with E-state index < -0.39 is 10.0 Å². The van der Waals surface area contributed by atoms with E-state index in [0.717, 1.165) is 25.2 Å². The molecule has 1 saturated heterocycles. The van der Waals surface area contributed by atoms with Crippen molar-refractivity contribution in [1.29, 1.82) is 0 Å². The summed E-state index contributed by atoms with van der Waals surface area (Å²) in [6.07, 6.45) is 0.945. The minimum atomic E-state index is -3.53. The lowest BCUT2D eigenvalue weighted by Crippen LogP contribution is -2.31. The lowest BCUT2D eigenvalue weighted by Gasteiger charge is -2.19. The Labute approximate surface area is 152 Å². The zero-order chi connectivity index (χ0) is 17.2. The first-order chi connectivity index (χ1) is 11.4. The molecule has 1 heterocycles. The van der Waals surface area contributed by atoms with Crippen molar-refractivity contribution in [1.82, 2.24) is 4.72 Å². The first-order valence-electron chi connectivity index (χ1n) is 7.70. The fourth-order valence-electron chi connectivity index (χ4n) is 2.83. The molecule has 128 valence electrons. The molecule has 0 aliphatic carbocycles. The molecule has 4 nitrogen and oxygen atoms in total. The van der Waals surface area contributed by atoms with Gasteiger partial charge in [0.05, 0.1) is 4.90 Å². The van der Waals surface area contributed by atoms with Crippen LogP contribution in [0.3, 0.4) is 0 Å². The summed E-state index contributed by atoms with van der Waals surface area (Å²) in [5.41, 5.74) is 1.11. The van der Waals surface area contributed by atoms with Crippen LogP contribution in [0.2, 0.25) is 10.0 Å². The Morgan fingerprint density at radius 1 is 1.08 bits per heavy atom. The number of anilines is 1. The van der Waals surface area contributed by atoms with Crippen molar-refractivity contribution >= 4 is 38.9 Å². The molecule has 7 heteroatoms. The first kappa shape index (κ1) is 17.5. The van der Waals surface area contributed by atoms with Crippen LogP contribution in [0.5, 0.6) is 0 Å². The summed E-state index contributed by atoms with van der Waals surface area (Å²) < 4.78 is 27.4. The summed E-state index contributed by atoms with van der Waals surface area (Å²) in [6, 6.07) is 14.0. The van der Waals surface area contributed by atoms with Gasteiger partial charge >= 0.3 is 0 Å². The molecule has 0 aromatic heterocycles. The van der Waals surface area contributed by atoms with Crippen LogP contribution in [0, 0.1) is 5.92 Å². The minimum Gasteiger partial charge on any atom is -0.371 e. The number of halogens is 2. The van der Waals surface area contributed by atoms with Crippen molar-refractivity contribution < 1.29 is 8.42 Å². The number of nitrogens with one attached hydrogen (secondary N) is 1. The molecule has 0 saturated carbocycles. The van der Waals surface area contributed by atoms with E-state index >= 15 is 0 Å². The Balaban J connectivity index is 1.59. The number of rotatable bonds is 5. The van der Waals surface area contributed by atoms with Crippen LogP contribution in [-0.4, -0.2) is 28.1 Å². The lowest BCUT2D eigenvalue weighted by molar-refractivity contribution is 0.541. The van der Waals surface area contributed by atoms with Gasteiger partial charge in [0.25, 0.3) is 0 Å². The van der Waals surface area contributed by atoms with Gasteiger partial charge in [-0.3, -0.25) is 0 Å². The molecule has 1 N–H and O–H groups in total. The van der Waals surface area contributed by atoms with Crippen LogP contribution in [0.25, 0.3) is 0 Å². The fraction of sp³-hybridized carbons (Fsp3) is 0.294. The van der Waals surface area contributed by atoms with Gasteiger partial charge in [0, 0.05) is 35.4 Å². The van der Waals surface area contributed by atoms with Crippen LogP contribution in [-0.2, 0) is 10.0 Å². The molecule has 1 aliphatic heterocycles. The maximum absolute atomic E-state index is 12.3. The van der Waals surface area contributed by atoms with E-state index in [1.165, 1.54) is 6.07 Å². The summed E-state index contributed by atoms with van der Waals surface area (Å²) in [6.45, 7) is 2.14. The van der Waals surface area contributed by atoms with Gasteiger partial charge in [-0.25, -0.2) is 13.1 Å². The zero-order valence-electron chi connectivity index (χ0n) is 13.0. The molecule has 1 aliphatic rings. The predicted molar refractivity (Wildman–Crippen MR) is 98.4 cm³/mol. The van der Waals surface area contributed by atoms with Crippen molar-refractivity contribution in [2.24, 2.45) is 5.92 Å². The molecule has 1 fully saturated rings. The highest BCUT2D eigenvalue weighted by molar-refractivity contribution is 7.89. The van der Waals surface area contributed by atoms with E-state index in [0.29, 0.717) is 16.6 Å². The second-order valence-corrected chi connectivity index (χ2v) is 8.53. The van der Waals surface area contributed by atoms with Crippen LogP contribution in [0.15, 0.2) is 53.4 Å². The molecule has 0 spiro atoms. The maximum atomic E-state index is 12.3. The summed E-state index contributed by atoms with van der Waals surface area (Å²) in [5, 5.41) is 1.12. The highest BCUT2D eigenvalue weighted by Crippen LogP contribution is 2.25. The Morgan fingerprint density at radius 3 is 2.54 bits per heavy atom. The highest BCUT2D eigenvalue weighted by Gasteiger charge is 2.24. The van der Waals surface area contributed by atoms with Crippen molar-refractivity contribution in [2.75, 3.05) is 24.5 Å². The Morgan fingerprint density at radius 2 is 1.83 bits per heavy atom. The Kier molecular flexibility index (Phi) is 5.35. The van der Waals surface area contributed by atoms with Gasteiger partial charge in [-0.05, 0) is 54.8 Å². The third-order valence-corrected chi connectivity index (χ3v) is 6.05. The van der Waals surface area contributed by atoms with Gasteiger partial charge in [0.15, 0.2) is 0 Å². The predicted octanol–water partition coefficient (Wildman–Crippen LogP) is 3.80. The SMILES string of the molecule is O=S(=O)(NCC1CCN(c2ccc(Cl)cc2)C1)c1cccc(Cl)c1. The molecule has 2 aromatic rings. The van der Waals surface area contributed by atoms with Crippen molar-refractivity contribution in [3.05, 3.63) is 58.6 Å². The van der Waals surface area contributed by atoms with E-state index in [1.54, 1.807) is 18.2 Å². The van der Waals surface area contributed by atoms with Gasteiger partial charge in [-0.15, -0.1) is 0 Å². The molecule has 0 radical (unpaired) electrons. The van der Waals surface area contributed by atoms with Gasteiger partial charge in [0.1, 0.15) is 0 Å².